The molecule has 1 aliphatic heterocycles. The third kappa shape index (κ3) is 4.55. The molecule has 0 radical (unpaired) electrons. The van der Waals surface area contributed by atoms with Crippen LogP contribution >= 0.6 is 0 Å². The summed E-state index contributed by atoms with van der Waals surface area (Å²) in [5, 5.41) is 9.15. The van der Waals surface area contributed by atoms with E-state index in [-0.39, 0.29) is 12.1 Å². The number of carbonyl (C=O) groups is 1. The molecule has 0 aromatic heterocycles. The lowest BCUT2D eigenvalue weighted by Gasteiger charge is -2.39. The summed E-state index contributed by atoms with van der Waals surface area (Å²) in [6, 6.07) is 10.8. The van der Waals surface area contributed by atoms with Crippen LogP contribution in [0.1, 0.15) is 32.8 Å². The van der Waals surface area contributed by atoms with Gasteiger partial charge in [-0.25, -0.2) is 0 Å². The molecule has 2 rings (SSSR count). The van der Waals surface area contributed by atoms with E-state index in [4.69, 9.17) is 5.11 Å². The van der Waals surface area contributed by atoms with Gasteiger partial charge in [-0.05, 0) is 32.8 Å². The largest absolute Gasteiger partial charge is 0.480 e. The molecule has 1 N–H and O–H groups in total. The minimum Gasteiger partial charge on any atom is -0.480 e. The Bertz CT molecular complexity index is 467. The van der Waals surface area contributed by atoms with Crippen molar-refractivity contribution in [1.82, 2.24) is 9.80 Å². The summed E-state index contributed by atoms with van der Waals surface area (Å²) in [6.07, 6.45) is 1.04. The van der Waals surface area contributed by atoms with Gasteiger partial charge >= 0.3 is 5.97 Å². The standard InChI is InChI=1S/C17H26N2O2/c1-17(2,3)19(13-16(20)21)15-9-10-18(12-15)11-14-7-5-4-6-8-14/h4-8,15H,9-13H2,1-3H3,(H,20,21). The Kier molecular flexibility index (Phi) is 5.01. The highest BCUT2D eigenvalue weighted by molar-refractivity contribution is 5.69. The van der Waals surface area contributed by atoms with Crippen LogP contribution < -0.4 is 0 Å². The summed E-state index contributed by atoms with van der Waals surface area (Å²) >= 11 is 0. The molecule has 116 valence electrons. The smallest absolute Gasteiger partial charge is 0.317 e. The van der Waals surface area contributed by atoms with Gasteiger partial charge in [0, 0.05) is 31.2 Å². The second-order valence-electron chi connectivity index (χ2n) is 6.86. The van der Waals surface area contributed by atoms with E-state index in [0.29, 0.717) is 6.04 Å². The van der Waals surface area contributed by atoms with Crippen molar-refractivity contribution in [2.24, 2.45) is 0 Å². The van der Waals surface area contributed by atoms with Gasteiger partial charge in [0.2, 0.25) is 0 Å². The Morgan fingerprint density at radius 2 is 2.00 bits per heavy atom. The van der Waals surface area contributed by atoms with Crippen molar-refractivity contribution in [3.63, 3.8) is 0 Å². The van der Waals surface area contributed by atoms with Gasteiger partial charge in [-0.15, -0.1) is 0 Å². The van der Waals surface area contributed by atoms with E-state index in [9.17, 15) is 4.79 Å². The van der Waals surface area contributed by atoms with E-state index in [1.807, 2.05) is 6.07 Å². The van der Waals surface area contributed by atoms with Crippen LogP contribution in [0.3, 0.4) is 0 Å². The maximum absolute atomic E-state index is 11.1. The number of benzene rings is 1. The first-order valence-electron chi connectivity index (χ1n) is 7.61. The number of nitrogens with zero attached hydrogens (tertiary/aromatic N) is 2. The van der Waals surface area contributed by atoms with Crippen molar-refractivity contribution in [2.75, 3.05) is 19.6 Å². The molecule has 1 heterocycles. The Labute approximate surface area is 127 Å². The minimum absolute atomic E-state index is 0.118. The molecule has 1 saturated heterocycles. The number of hydrogen-bond donors (Lipinski definition) is 1. The van der Waals surface area contributed by atoms with E-state index >= 15 is 0 Å². The molecule has 1 aromatic carbocycles. The van der Waals surface area contributed by atoms with Crippen molar-refractivity contribution in [1.29, 1.82) is 0 Å². The fraction of sp³-hybridized carbons (Fsp3) is 0.588. The van der Waals surface area contributed by atoms with Crippen molar-refractivity contribution < 1.29 is 9.90 Å². The van der Waals surface area contributed by atoms with Crippen molar-refractivity contribution in [2.45, 2.75) is 45.3 Å². The SMILES string of the molecule is CC(C)(C)N(CC(=O)O)C1CCN(Cc2ccccc2)C1. The topological polar surface area (TPSA) is 43.8 Å². The van der Waals surface area contributed by atoms with Crippen LogP contribution in [0.4, 0.5) is 0 Å². The first kappa shape index (κ1) is 16.0. The van der Waals surface area contributed by atoms with E-state index in [2.05, 4.69) is 54.8 Å². The summed E-state index contributed by atoms with van der Waals surface area (Å²) in [6.45, 7) is 9.32. The van der Waals surface area contributed by atoms with Crippen LogP contribution in [-0.2, 0) is 11.3 Å². The van der Waals surface area contributed by atoms with Gasteiger partial charge in [0.05, 0.1) is 6.54 Å². The maximum Gasteiger partial charge on any atom is 0.317 e. The Balaban J connectivity index is 1.97. The summed E-state index contributed by atoms with van der Waals surface area (Å²) in [7, 11) is 0. The highest BCUT2D eigenvalue weighted by Gasteiger charge is 2.34. The fourth-order valence-electron chi connectivity index (χ4n) is 3.11. The van der Waals surface area contributed by atoms with Crippen molar-refractivity contribution >= 4 is 5.97 Å². The average Bonchev–Trinajstić information content (AvgIpc) is 2.84. The van der Waals surface area contributed by atoms with E-state index in [1.165, 1.54) is 5.56 Å². The van der Waals surface area contributed by atoms with Gasteiger partial charge in [0.1, 0.15) is 0 Å². The fourth-order valence-corrected chi connectivity index (χ4v) is 3.11. The summed E-state index contributed by atoms with van der Waals surface area (Å²) in [5.41, 5.74) is 1.20. The van der Waals surface area contributed by atoms with Crippen LogP contribution in [0.25, 0.3) is 0 Å². The first-order valence-corrected chi connectivity index (χ1v) is 7.61. The number of aliphatic carboxylic acids is 1. The van der Waals surface area contributed by atoms with Gasteiger partial charge in [-0.2, -0.15) is 0 Å². The van der Waals surface area contributed by atoms with Crippen LogP contribution in [-0.4, -0.2) is 52.1 Å². The lowest BCUT2D eigenvalue weighted by atomic mass is 10.0. The summed E-state index contributed by atoms with van der Waals surface area (Å²) < 4.78 is 0. The zero-order valence-corrected chi connectivity index (χ0v) is 13.2. The van der Waals surface area contributed by atoms with Gasteiger partial charge in [0.15, 0.2) is 0 Å². The first-order chi connectivity index (χ1) is 9.86. The zero-order chi connectivity index (χ0) is 15.5. The maximum atomic E-state index is 11.1. The molecule has 0 saturated carbocycles. The molecule has 0 amide bonds. The third-order valence-corrected chi connectivity index (χ3v) is 4.10. The Morgan fingerprint density at radius 3 is 2.57 bits per heavy atom. The molecule has 4 heteroatoms. The van der Waals surface area contributed by atoms with Gasteiger partial charge in [0.25, 0.3) is 0 Å². The van der Waals surface area contributed by atoms with Crippen LogP contribution in [0.2, 0.25) is 0 Å². The highest BCUT2D eigenvalue weighted by Crippen LogP contribution is 2.24. The monoisotopic (exact) mass is 290 g/mol. The minimum atomic E-state index is -0.744. The molecule has 0 bridgehead atoms. The van der Waals surface area contributed by atoms with Crippen LogP contribution in [0.5, 0.6) is 0 Å². The predicted octanol–water partition coefficient (Wildman–Crippen LogP) is 2.45. The molecule has 1 fully saturated rings. The van der Waals surface area contributed by atoms with Crippen molar-refractivity contribution in [3.05, 3.63) is 35.9 Å². The quantitative estimate of drug-likeness (QED) is 0.904. The second kappa shape index (κ2) is 6.58. The lowest BCUT2D eigenvalue weighted by Crippen LogP contribution is -2.51. The molecule has 0 spiro atoms. The molecule has 21 heavy (non-hydrogen) atoms. The number of hydrogen-bond acceptors (Lipinski definition) is 3. The highest BCUT2D eigenvalue weighted by atomic mass is 16.4. The predicted molar refractivity (Wildman–Crippen MR) is 84.2 cm³/mol. The molecular formula is C17H26N2O2. The average molecular weight is 290 g/mol. The number of carboxylic acids is 1. The molecule has 4 nitrogen and oxygen atoms in total. The zero-order valence-electron chi connectivity index (χ0n) is 13.2. The molecule has 0 aliphatic carbocycles. The van der Waals surface area contributed by atoms with Gasteiger partial charge < -0.3 is 5.11 Å². The Hall–Kier alpha value is -1.39. The molecule has 1 unspecified atom stereocenters. The molecular weight excluding hydrogens is 264 g/mol. The van der Waals surface area contributed by atoms with Crippen LogP contribution in [0, 0.1) is 0 Å². The normalized spacial score (nSPS) is 20.1. The molecule has 1 aliphatic rings. The number of likely N-dealkylation sites (tertiary alicyclic amines) is 1. The van der Waals surface area contributed by atoms with E-state index in [0.717, 1.165) is 26.1 Å². The van der Waals surface area contributed by atoms with Crippen molar-refractivity contribution in [3.8, 4) is 0 Å². The summed E-state index contributed by atoms with van der Waals surface area (Å²) in [5.74, 6) is -0.744. The third-order valence-electron chi connectivity index (χ3n) is 4.10. The lowest BCUT2D eigenvalue weighted by molar-refractivity contribution is -0.140. The number of carboxylic acid groups (broad SMARTS) is 1. The second-order valence-corrected chi connectivity index (χ2v) is 6.86. The molecule has 1 aromatic rings. The molecule has 1 atom stereocenters. The number of rotatable bonds is 5. The van der Waals surface area contributed by atoms with Gasteiger partial charge in [-0.3, -0.25) is 14.6 Å². The van der Waals surface area contributed by atoms with Crippen LogP contribution in [0.15, 0.2) is 30.3 Å². The van der Waals surface area contributed by atoms with E-state index in [1.54, 1.807) is 0 Å². The van der Waals surface area contributed by atoms with E-state index < -0.39 is 5.97 Å². The summed E-state index contributed by atoms with van der Waals surface area (Å²) in [4.78, 5) is 15.7. The Morgan fingerprint density at radius 1 is 1.33 bits per heavy atom. The van der Waals surface area contributed by atoms with Gasteiger partial charge in [-0.1, -0.05) is 30.3 Å².